The number of hydrogen-bond acceptors (Lipinski definition) is 1. The van der Waals surface area contributed by atoms with Gasteiger partial charge in [-0.15, -0.1) is 0 Å². The largest absolute Gasteiger partial charge is 0.298 e. The zero-order valence-corrected chi connectivity index (χ0v) is 7.99. The van der Waals surface area contributed by atoms with Gasteiger partial charge >= 0.3 is 0 Å². The molecule has 2 atom stereocenters. The SMILES string of the molecule is O=C1C2CCC(C2)C12c1ccccc12. The van der Waals surface area contributed by atoms with Gasteiger partial charge in [0.1, 0.15) is 0 Å². The van der Waals surface area contributed by atoms with Crippen LogP contribution < -0.4 is 0 Å². The molecule has 14 heavy (non-hydrogen) atoms. The van der Waals surface area contributed by atoms with Crippen LogP contribution in [0.3, 0.4) is 0 Å². The van der Waals surface area contributed by atoms with Crippen molar-refractivity contribution in [3.05, 3.63) is 35.4 Å². The number of fused-ring (bicyclic) bond motifs is 6. The van der Waals surface area contributed by atoms with E-state index in [0.29, 0.717) is 17.6 Å². The van der Waals surface area contributed by atoms with E-state index in [1.807, 2.05) is 0 Å². The van der Waals surface area contributed by atoms with Crippen molar-refractivity contribution < 1.29 is 4.79 Å². The quantitative estimate of drug-likeness (QED) is 0.604. The minimum Gasteiger partial charge on any atom is -0.298 e. The van der Waals surface area contributed by atoms with Crippen LogP contribution in [0.5, 0.6) is 0 Å². The lowest BCUT2D eigenvalue weighted by Gasteiger charge is -2.20. The fraction of sp³-hybridized carbons (Fsp3) is 0.462. The molecule has 3 aliphatic rings. The van der Waals surface area contributed by atoms with Crippen molar-refractivity contribution in [2.24, 2.45) is 11.8 Å². The molecule has 0 saturated heterocycles. The molecule has 0 amide bonds. The van der Waals surface area contributed by atoms with Crippen molar-refractivity contribution in [2.45, 2.75) is 24.7 Å². The van der Waals surface area contributed by atoms with Crippen LogP contribution in [0.1, 0.15) is 30.4 Å². The van der Waals surface area contributed by atoms with Gasteiger partial charge < -0.3 is 0 Å². The number of Topliss-reactive ketones (excluding diaryl/α,β-unsaturated/α-hetero) is 1. The number of ketones is 1. The summed E-state index contributed by atoms with van der Waals surface area (Å²) in [4.78, 5) is 12.2. The van der Waals surface area contributed by atoms with Crippen LogP contribution in [0.25, 0.3) is 0 Å². The maximum absolute atomic E-state index is 12.2. The third-order valence-corrected chi connectivity index (χ3v) is 4.52. The highest BCUT2D eigenvalue weighted by molar-refractivity contribution is 6.05. The maximum atomic E-state index is 12.2. The first-order valence-electron chi connectivity index (χ1n) is 5.49. The van der Waals surface area contributed by atoms with Gasteiger partial charge in [-0.1, -0.05) is 24.3 Å². The molecule has 2 fully saturated rings. The highest BCUT2D eigenvalue weighted by Crippen LogP contribution is 2.66. The highest BCUT2D eigenvalue weighted by Gasteiger charge is 2.68. The first-order chi connectivity index (χ1) is 6.85. The van der Waals surface area contributed by atoms with E-state index < -0.39 is 0 Å². The highest BCUT2D eigenvalue weighted by atomic mass is 16.1. The van der Waals surface area contributed by atoms with Crippen LogP contribution in [-0.2, 0) is 10.2 Å². The Bertz CT molecular complexity index is 423. The summed E-state index contributed by atoms with van der Waals surface area (Å²) in [6.07, 6.45) is 3.58. The van der Waals surface area contributed by atoms with Crippen LogP contribution in [0.4, 0.5) is 0 Å². The Balaban J connectivity index is 1.93. The van der Waals surface area contributed by atoms with Crippen LogP contribution in [0.15, 0.2) is 24.3 Å². The Labute approximate surface area is 83.1 Å². The number of rotatable bonds is 0. The van der Waals surface area contributed by atoms with Gasteiger partial charge in [0.05, 0.1) is 5.41 Å². The topological polar surface area (TPSA) is 17.1 Å². The molecule has 2 bridgehead atoms. The first-order valence-corrected chi connectivity index (χ1v) is 5.49. The summed E-state index contributed by atoms with van der Waals surface area (Å²) in [6.45, 7) is 0. The lowest BCUT2D eigenvalue weighted by molar-refractivity contribution is -0.124. The zero-order valence-electron chi connectivity index (χ0n) is 7.99. The van der Waals surface area contributed by atoms with Crippen LogP contribution >= 0.6 is 0 Å². The summed E-state index contributed by atoms with van der Waals surface area (Å²) in [5.41, 5.74) is 2.63. The molecule has 3 aliphatic carbocycles. The fourth-order valence-electron chi connectivity index (χ4n) is 3.92. The van der Waals surface area contributed by atoms with Gasteiger partial charge in [0.2, 0.25) is 0 Å². The predicted octanol–water partition coefficient (Wildman–Crippen LogP) is 2.29. The van der Waals surface area contributed by atoms with Crippen molar-refractivity contribution >= 4 is 5.78 Å². The van der Waals surface area contributed by atoms with Crippen molar-refractivity contribution in [1.82, 2.24) is 0 Å². The Kier molecular flexibility index (Phi) is 1.01. The standard InChI is InChI=1S/C13H12O/c14-12-8-5-6-9(7-8)13(12)10-3-1-2-4-11(10)13/h1-4,8-9H,5-7H2. The molecule has 0 radical (unpaired) electrons. The molecule has 1 aromatic rings. The van der Waals surface area contributed by atoms with E-state index in [9.17, 15) is 4.79 Å². The van der Waals surface area contributed by atoms with Gasteiger partial charge in [-0.05, 0) is 36.3 Å². The van der Waals surface area contributed by atoms with E-state index >= 15 is 0 Å². The molecule has 0 N–H and O–H groups in total. The van der Waals surface area contributed by atoms with E-state index in [-0.39, 0.29) is 5.41 Å². The predicted molar refractivity (Wildman–Crippen MR) is 53.1 cm³/mol. The minimum atomic E-state index is -0.0631. The Hall–Kier alpha value is -1.11. The van der Waals surface area contributed by atoms with Crippen LogP contribution in [-0.4, -0.2) is 5.78 Å². The molecule has 1 heteroatoms. The Morgan fingerprint density at radius 3 is 2.43 bits per heavy atom. The van der Waals surface area contributed by atoms with E-state index in [4.69, 9.17) is 0 Å². The van der Waals surface area contributed by atoms with Gasteiger partial charge in [-0.3, -0.25) is 4.79 Å². The zero-order chi connectivity index (χ0) is 9.34. The number of benzene rings is 1. The second-order valence-corrected chi connectivity index (χ2v) is 4.92. The van der Waals surface area contributed by atoms with E-state index in [0.717, 1.165) is 12.8 Å². The summed E-state index contributed by atoms with van der Waals surface area (Å²) >= 11 is 0. The third kappa shape index (κ3) is 0.529. The number of hydrogen-bond donors (Lipinski definition) is 0. The average Bonchev–Trinajstić information content (AvgIpc) is 2.58. The van der Waals surface area contributed by atoms with Gasteiger partial charge in [0, 0.05) is 5.92 Å². The Morgan fingerprint density at radius 1 is 1.14 bits per heavy atom. The summed E-state index contributed by atoms with van der Waals surface area (Å²) in [5.74, 6) is 1.58. The second kappa shape index (κ2) is 1.95. The summed E-state index contributed by atoms with van der Waals surface area (Å²) in [5, 5.41) is 0. The second-order valence-electron chi connectivity index (χ2n) is 4.92. The summed E-state index contributed by atoms with van der Waals surface area (Å²) < 4.78 is 0. The molecule has 1 nitrogen and oxygen atoms in total. The van der Waals surface area contributed by atoms with Gasteiger partial charge in [0.15, 0.2) is 5.78 Å². The summed E-state index contributed by atoms with van der Waals surface area (Å²) in [7, 11) is 0. The van der Waals surface area contributed by atoms with E-state index in [2.05, 4.69) is 24.3 Å². The molecule has 0 aromatic heterocycles. The molecule has 2 unspecified atom stereocenters. The number of carbonyl (C=O) groups is 1. The van der Waals surface area contributed by atoms with Gasteiger partial charge in [-0.25, -0.2) is 0 Å². The molecular weight excluding hydrogens is 172 g/mol. The van der Waals surface area contributed by atoms with Gasteiger partial charge in [0.25, 0.3) is 0 Å². The van der Waals surface area contributed by atoms with E-state index in [1.54, 1.807) is 0 Å². The smallest absolute Gasteiger partial charge is 0.151 e. The molecule has 2 saturated carbocycles. The molecule has 70 valence electrons. The third-order valence-electron chi connectivity index (χ3n) is 4.52. The first kappa shape index (κ1) is 7.22. The minimum absolute atomic E-state index is 0.0631. The lowest BCUT2D eigenvalue weighted by Crippen LogP contribution is -2.28. The van der Waals surface area contributed by atoms with Crippen molar-refractivity contribution in [2.75, 3.05) is 0 Å². The fourth-order valence-corrected chi connectivity index (χ4v) is 3.92. The molecule has 0 heterocycles. The normalized spacial score (nSPS) is 35.0. The maximum Gasteiger partial charge on any atom is 0.151 e. The average molecular weight is 184 g/mol. The van der Waals surface area contributed by atoms with Crippen LogP contribution in [0.2, 0.25) is 0 Å². The molecule has 1 spiro atoms. The molecule has 0 aliphatic heterocycles. The van der Waals surface area contributed by atoms with Gasteiger partial charge in [-0.2, -0.15) is 0 Å². The lowest BCUT2D eigenvalue weighted by atomic mass is 9.81. The van der Waals surface area contributed by atoms with E-state index in [1.165, 1.54) is 17.5 Å². The van der Waals surface area contributed by atoms with Crippen LogP contribution in [0, 0.1) is 11.8 Å². The number of carbonyl (C=O) groups excluding carboxylic acids is 1. The molecule has 4 rings (SSSR count). The van der Waals surface area contributed by atoms with Crippen molar-refractivity contribution in [1.29, 1.82) is 0 Å². The Morgan fingerprint density at radius 2 is 1.86 bits per heavy atom. The monoisotopic (exact) mass is 184 g/mol. The molecular formula is C13H12O. The van der Waals surface area contributed by atoms with Crippen molar-refractivity contribution in [3.63, 3.8) is 0 Å². The molecule has 1 aromatic carbocycles. The van der Waals surface area contributed by atoms with Crippen molar-refractivity contribution in [3.8, 4) is 0 Å². The summed E-state index contributed by atoms with van der Waals surface area (Å²) in [6, 6.07) is 8.42.